The highest BCUT2D eigenvalue weighted by atomic mass is 19.2. The summed E-state index contributed by atoms with van der Waals surface area (Å²) in [5.74, 6) is -14.3. The SMILES string of the molecule is CC=Cc1cc(C(=O)Oc2c(F)c(F)c(F)c(F)c2F)ccc1N1C[C@@H](C)N(C(=O)O)C[C@@H]1C. The fraction of sp³-hybridized carbons (Fsp3) is 0.304. The van der Waals surface area contributed by atoms with Crippen LogP contribution in [0.15, 0.2) is 24.3 Å². The van der Waals surface area contributed by atoms with E-state index in [0.717, 1.165) is 0 Å². The minimum atomic E-state index is -2.36. The molecule has 2 aromatic carbocycles. The van der Waals surface area contributed by atoms with Crippen LogP contribution in [0.4, 0.5) is 32.4 Å². The molecule has 0 aliphatic carbocycles. The van der Waals surface area contributed by atoms with Gasteiger partial charge in [-0.2, -0.15) is 8.78 Å². The lowest BCUT2D eigenvalue weighted by molar-refractivity contribution is 0.0715. The Bertz CT molecular complexity index is 1140. The zero-order valence-electron chi connectivity index (χ0n) is 18.4. The number of nitrogens with zero attached hydrogens (tertiary/aromatic N) is 2. The lowest BCUT2D eigenvalue weighted by Crippen LogP contribution is -2.58. The first-order valence-corrected chi connectivity index (χ1v) is 10.2. The number of carboxylic acid groups (broad SMARTS) is 1. The van der Waals surface area contributed by atoms with Crippen LogP contribution in [-0.4, -0.2) is 47.2 Å². The normalized spacial score (nSPS) is 18.5. The molecule has 0 unspecified atom stereocenters. The Morgan fingerprint density at radius 3 is 2.12 bits per heavy atom. The van der Waals surface area contributed by atoms with Crippen molar-refractivity contribution in [2.75, 3.05) is 18.0 Å². The maximum absolute atomic E-state index is 13.9. The molecule has 1 amide bonds. The molecule has 0 saturated carbocycles. The third-order valence-electron chi connectivity index (χ3n) is 5.51. The monoisotopic (exact) mass is 484 g/mol. The fourth-order valence-corrected chi connectivity index (χ4v) is 3.81. The summed E-state index contributed by atoms with van der Waals surface area (Å²) in [6, 6.07) is 3.67. The Labute approximate surface area is 191 Å². The van der Waals surface area contributed by atoms with Crippen molar-refractivity contribution in [3.63, 3.8) is 0 Å². The van der Waals surface area contributed by atoms with E-state index in [-0.39, 0.29) is 24.2 Å². The van der Waals surface area contributed by atoms with Crippen molar-refractivity contribution in [3.8, 4) is 5.75 Å². The Kier molecular flexibility index (Phi) is 7.13. The molecule has 2 atom stereocenters. The number of piperazine rings is 1. The number of benzene rings is 2. The molecule has 1 aliphatic heterocycles. The van der Waals surface area contributed by atoms with E-state index in [2.05, 4.69) is 4.74 Å². The Balaban J connectivity index is 1.94. The number of esters is 1. The number of allylic oxidation sites excluding steroid dienone is 1. The standard InChI is InChI=1S/C23H21F5N2O4/c1-4-5-13-8-14(22(31)34-21-19(27)17(25)16(24)18(26)20(21)28)6-7-15(13)29-9-12(3)30(23(32)33)10-11(29)2/h4-8,11-12H,9-10H2,1-3H3,(H,32,33)/t11-,12+/m0/s1. The molecule has 34 heavy (non-hydrogen) atoms. The molecule has 1 N–H and O–H groups in total. The maximum atomic E-state index is 13.9. The molecule has 6 nitrogen and oxygen atoms in total. The smallest absolute Gasteiger partial charge is 0.407 e. The van der Waals surface area contributed by atoms with Gasteiger partial charge in [0.25, 0.3) is 0 Å². The topological polar surface area (TPSA) is 70.1 Å². The first-order chi connectivity index (χ1) is 16.0. The Morgan fingerprint density at radius 1 is 0.971 bits per heavy atom. The Morgan fingerprint density at radius 2 is 1.56 bits per heavy atom. The maximum Gasteiger partial charge on any atom is 0.407 e. The molecule has 0 bridgehead atoms. The molecule has 1 saturated heterocycles. The second-order valence-electron chi connectivity index (χ2n) is 7.85. The van der Waals surface area contributed by atoms with Crippen molar-refractivity contribution in [3.05, 3.63) is 64.5 Å². The summed E-state index contributed by atoms with van der Waals surface area (Å²) in [5, 5.41) is 9.35. The minimum Gasteiger partial charge on any atom is -0.465 e. The fourth-order valence-electron chi connectivity index (χ4n) is 3.81. The van der Waals surface area contributed by atoms with Gasteiger partial charge in [-0.1, -0.05) is 12.2 Å². The summed E-state index contributed by atoms with van der Waals surface area (Å²) in [6.45, 7) is 5.94. The van der Waals surface area contributed by atoms with Crippen LogP contribution in [0, 0.1) is 29.1 Å². The molecule has 11 heteroatoms. The van der Waals surface area contributed by atoms with Crippen LogP contribution < -0.4 is 9.64 Å². The van der Waals surface area contributed by atoms with Crippen LogP contribution >= 0.6 is 0 Å². The highest BCUT2D eigenvalue weighted by Gasteiger charge is 2.33. The molecule has 0 spiro atoms. The van der Waals surface area contributed by atoms with Crippen molar-refractivity contribution < 1.29 is 41.4 Å². The number of rotatable bonds is 4. The van der Waals surface area contributed by atoms with Gasteiger partial charge in [0.1, 0.15) is 0 Å². The summed E-state index contributed by atoms with van der Waals surface area (Å²) in [7, 11) is 0. The summed E-state index contributed by atoms with van der Waals surface area (Å²) in [5.41, 5.74) is 0.984. The third kappa shape index (κ3) is 4.55. The molecular formula is C23H21F5N2O4. The number of anilines is 1. The summed E-state index contributed by atoms with van der Waals surface area (Å²) in [6.07, 6.45) is 2.31. The summed E-state index contributed by atoms with van der Waals surface area (Å²) in [4.78, 5) is 27.2. The highest BCUT2D eigenvalue weighted by molar-refractivity contribution is 5.93. The molecule has 1 aliphatic rings. The average Bonchev–Trinajstić information content (AvgIpc) is 2.80. The third-order valence-corrected chi connectivity index (χ3v) is 5.51. The number of carbonyl (C=O) groups is 2. The molecule has 182 valence electrons. The number of hydrogen-bond donors (Lipinski definition) is 1. The number of halogens is 5. The van der Waals surface area contributed by atoms with Gasteiger partial charge in [0.15, 0.2) is 0 Å². The van der Waals surface area contributed by atoms with E-state index in [0.29, 0.717) is 17.8 Å². The molecule has 3 rings (SSSR count). The van der Waals surface area contributed by atoms with Gasteiger partial charge >= 0.3 is 12.1 Å². The minimum absolute atomic E-state index is 0.189. The van der Waals surface area contributed by atoms with Crippen LogP contribution in [0.25, 0.3) is 6.08 Å². The molecular weight excluding hydrogens is 463 g/mol. The van der Waals surface area contributed by atoms with Crippen molar-refractivity contribution in [2.45, 2.75) is 32.9 Å². The second kappa shape index (κ2) is 9.70. The van der Waals surface area contributed by atoms with Crippen LogP contribution in [-0.2, 0) is 0 Å². The van der Waals surface area contributed by atoms with Gasteiger partial charge in [-0.05, 0) is 44.5 Å². The molecule has 2 aromatic rings. The second-order valence-corrected chi connectivity index (χ2v) is 7.85. The average molecular weight is 484 g/mol. The summed E-state index contributed by atoms with van der Waals surface area (Å²) < 4.78 is 72.4. The van der Waals surface area contributed by atoms with Gasteiger partial charge in [-0.15, -0.1) is 0 Å². The lowest BCUT2D eigenvalue weighted by atomic mass is 10.0. The highest BCUT2D eigenvalue weighted by Crippen LogP contribution is 2.32. The van der Waals surface area contributed by atoms with Gasteiger partial charge in [0.05, 0.1) is 5.56 Å². The van der Waals surface area contributed by atoms with E-state index in [1.807, 2.05) is 11.8 Å². The number of carbonyl (C=O) groups excluding carboxylic acids is 1. The zero-order valence-corrected chi connectivity index (χ0v) is 18.4. The van der Waals surface area contributed by atoms with Crippen molar-refractivity contribution in [1.29, 1.82) is 0 Å². The van der Waals surface area contributed by atoms with Crippen molar-refractivity contribution in [2.24, 2.45) is 0 Å². The zero-order chi connectivity index (χ0) is 25.3. The van der Waals surface area contributed by atoms with E-state index < -0.39 is 46.9 Å². The molecule has 0 aromatic heterocycles. The van der Waals surface area contributed by atoms with Gasteiger partial charge in [0, 0.05) is 30.9 Å². The van der Waals surface area contributed by atoms with Gasteiger partial charge < -0.3 is 19.6 Å². The van der Waals surface area contributed by atoms with E-state index in [4.69, 9.17) is 0 Å². The van der Waals surface area contributed by atoms with Crippen molar-refractivity contribution in [1.82, 2.24) is 4.90 Å². The lowest BCUT2D eigenvalue weighted by Gasteiger charge is -2.44. The number of hydrogen-bond acceptors (Lipinski definition) is 4. The van der Waals surface area contributed by atoms with Crippen LogP contribution in [0.3, 0.4) is 0 Å². The number of ether oxygens (including phenoxy) is 1. The predicted octanol–water partition coefficient (Wildman–Crippen LogP) is 5.21. The molecule has 1 heterocycles. The number of amides is 1. The Hall–Kier alpha value is -3.63. The molecule has 1 fully saturated rings. The van der Waals surface area contributed by atoms with Gasteiger partial charge in [-0.25, -0.2) is 22.8 Å². The first kappa shape index (κ1) is 25.0. The molecule has 0 radical (unpaired) electrons. The van der Waals surface area contributed by atoms with Gasteiger partial charge in [-0.3, -0.25) is 0 Å². The van der Waals surface area contributed by atoms with Crippen molar-refractivity contribution >= 4 is 23.8 Å². The predicted molar refractivity (Wildman–Crippen MR) is 113 cm³/mol. The van der Waals surface area contributed by atoms with E-state index >= 15 is 0 Å². The van der Waals surface area contributed by atoms with Crippen LogP contribution in [0.2, 0.25) is 0 Å². The first-order valence-electron chi connectivity index (χ1n) is 10.2. The summed E-state index contributed by atoms with van der Waals surface area (Å²) >= 11 is 0. The van der Waals surface area contributed by atoms with Gasteiger partial charge in [0.2, 0.25) is 34.8 Å². The van der Waals surface area contributed by atoms with Crippen LogP contribution in [0.1, 0.15) is 36.7 Å². The quantitative estimate of drug-likeness (QED) is 0.212. The van der Waals surface area contributed by atoms with E-state index in [1.54, 1.807) is 32.1 Å². The van der Waals surface area contributed by atoms with E-state index in [1.165, 1.54) is 17.0 Å². The largest absolute Gasteiger partial charge is 0.465 e. The van der Waals surface area contributed by atoms with Crippen LogP contribution in [0.5, 0.6) is 5.75 Å². The van der Waals surface area contributed by atoms with E-state index in [9.17, 15) is 36.6 Å².